The third kappa shape index (κ3) is 3.31. The third-order valence-corrected chi connectivity index (χ3v) is 3.58. The molecule has 1 aromatic rings. The molecule has 0 radical (unpaired) electrons. The van der Waals surface area contributed by atoms with E-state index in [4.69, 9.17) is 10.5 Å². The van der Waals surface area contributed by atoms with Crippen LogP contribution in [0, 0.1) is 5.92 Å². The van der Waals surface area contributed by atoms with Gasteiger partial charge in [0.1, 0.15) is 5.75 Å². The van der Waals surface area contributed by atoms with Gasteiger partial charge >= 0.3 is 0 Å². The first kappa shape index (κ1) is 13.1. The molecular formula is C15H24N2O. The minimum atomic E-state index is 0.745. The number of nitrogen functional groups attached to an aromatic ring is 1. The Morgan fingerprint density at radius 1 is 1.33 bits per heavy atom. The van der Waals surface area contributed by atoms with E-state index in [0.29, 0.717) is 0 Å². The number of ether oxygens (including phenoxy) is 1. The van der Waals surface area contributed by atoms with Crippen LogP contribution in [0.5, 0.6) is 5.75 Å². The summed E-state index contributed by atoms with van der Waals surface area (Å²) in [5, 5.41) is 0. The molecule has 0 saturated heterocycles. The lowest BCUT2D eigenvalue weighted by Gasteiger charge is -2.31. The van der Waals surface area contributed by atoms with E-state index < -0.39 is 0 Å². The first-order valence-corrected chi connectivity index (χ1v) is 6.93. The third-order valence-electron chi connectivity index (χ3n) is 3.58. The number of nitrogens with zero attached hydrogens (tertiary/aromatic N) is 1. The maximum atomic E-state index is 5.94. The Bertz CT molecular complexity index is 388. The number of hydrogen-bond donors (Lipinski definition) is 1. The van der Waals surface area contributed by atoms with Crippen molar-refractivity contribution in [3.8, 4) is 5.75 Å². The average Bonchev–Trinajstić information content (AvgIpc) is 2.30. The van der Waals surface area contributed by atoms with Gasteiger partial charge in [-0.15, -0.1) is 0 Å². The van der Waals surface area contributed by atoms with Gasteiger partial charge in [0.15, 0.2) is 0 Å². The molecule has 0 heterocycles. The highest BCUT2D eigenvalue weighted by Gasteiger charge is 2.19. The summed E-state index contributed by atoms with van der Waals surface area (Å²) < 4.78 is 5.67. The summed E-state index contributed by atoms with van der Waals surface area (Å²) in [4.78, 5) is 2.29. The molecule has 3 heteroatoms. The molecule has 100 valence electrons. The highest BCUT2D eigenvalue weighted by Crippen LogP contribution is 2.30. The first-order valence-electron chi connectivity index (χ1n) is 6.93. The zero-order chi connectivity index (χ0) is 13.0. The zero-order valence-corrected chi connectivity index (χ0v) is 11.5. The molecule has 3 nitrogen and oxygen atoms in total. The standard InChI is InChI=1S/C15H24N2O/c1-3-7-18-15-9-13(16)8-14(10-15)17(2)11-12-5-4-6-12/h8-10,12H,3-7,11,16H2,1-2H3. The van der Waals surface area contributed by atoms with Crippen molar-refractivity contribution in [3.05, 3.63) is 18.2 Å². The Labute approximate surface area is 110 Å². The van der Waals surface area contributed by atoms with Crippen molar-refractivity contribution < 1.29 is 4.74 Å². The second-order valence-electron chi connectivity index (χ2n) is 5.29. The highest BCUT2D eigenvalue weighted by atomic mass is 16.5. The minimum Gasteiger partial charge on any atom is -0.493 e. The van der Waals surface area contributed by atoms with E-state index in [1.54, 1.807) is 0 Å². The Hall–Kier alpha value is -1.38. The van der Waals surface area contributed by atoms with Gasteiger partial charge in [-0.2, -0.15) is 0 Å². The molecule has 2 N–H and O–H groups in total. The average molecular weight is 248 g/mol. The van der Waals surface area contributed by atoms with E-state index in [-0.39, 0.29) is 0 Å². The molecule has 0 atom stereocenters. The lowest BCUT2D eigenvalue weighted by Crippen LogP contribution is -2.29. The van der Waals surface area contributed by atoms with Gasteiger partial charge in [0.05, 0.1) is 6.61 Å². The van der Waals surface area contributed by atoms with E-state index in [1.807, 2.05) is 12.1 Å². The topological polar surface area (TPSA) is 38.5 Å². The number of hydrogen-bond acceptors (Lipinski definition) is 3. The van der Waals surface area contributed by atoms with Crippen LogP contribution in [-0.2, 0) is 0 Å². The van der Waals surface area contributed by atoms with Crippen LogP contribution in [0.1, 0.15) is 32.6 Å². The smallest absolute Gasteiger partial charge is 0.123 e. The molecular weight excluding hydrogens is 224 g/mol. The maximum Gasteiger partial charge on any atom is 0.123 e. The van der Waals surface area contributed by atoms with Crippen molar-refractivity contribution >= 4 is 11.4 Å². The van der Waals surface area contributed by atoms with E-state index >= 15 is 0 Å². The fraction of sp³-hybridized carbons (Fsp3) is 0.600. The predicted molar refractivity (Wildman–Crippen MR) is 77.3 cm³/mol. The Morgan fingerprint density at radius 2 is 2.11 bits per heavy atom. The number of anilines is 2. The fourth-order valence-electron chi connectivity index (χ4n) is 2.30. The fourth-order valence-corrected chi connectivity index (χ4v) is 2.30. The van der Waals surface area contributed by atoms with Crippen LogP contribution in [0.3, 0.4) is 0 Å². The molecule has 1 aliphatic rings. The molecule has 1 saturated carbocycles. The van der Waals surface area contributed by atoms with Crippen molar-refractivity contribution in [2.45, 2.75) is 32.6 Å². The summed E-state index contributed by atoms with van der Waals surface area (Å²) in [7, 11) is 2.14. The summed E-state index contributed by atoms with van der Waals surface area (Å²) in [6.07, 6.45) is 5.14. The second kappa shape index (κ2) is 5.98. The van der Waals surface area contributed by atoms with Gasteiger partial charge in [0, 0.05) is 37.1 Å². The maximum absolute atomic E-state index is 5.94. The number of benzene rings is 1. The van der Waals surface area contributed by atoms with Crippen LogP contribution >= 0.6 is 0 Å². The van der Waals surface area contributed by atoms with E-state index in [0.717, 1.165) is 42.6 Å². The van der Waals surface area contributed by atoms with E-state index in [9.17, 15) is 0 Å². The molecule has 0 aliphatic heterocycles. The van der Waals surface area contributed by atoms with Gasteiger partial charge in [-0.3, -0.25) is 0 Å². The monoisotopic (exact) mass is 248 g/mol. The summed E-state index contributed by atoms with van der Waals surface area (Å²) in [5.74, 6) is 1.74. The molecule has 1 aromatic carbocycles. The van der Waals surface area contributed by atoms with E-state index in [1.165, 1.54) is 19.3 Å². The lowest BCUT2D eigenvalue weighted by atomic mass is 9.85. The van der Waals surface area contributed by atoms with Gasteiger partial charge in [-0.25, -0.2) is 0 Å². The summed E-state index contributed by atoms with van der Waals surface area (Å²) in [5.41, 5.74) is 7.88. The summed E-state index contributed by atoms with van der Waals surface area (Å²) >= 11 is 0. The molecule has 1 aliphatic carbocycles. The number of rotatable bonds is 6. The molecule has 18 heavy (non-hydrogen) atoms. The van der Waals surface area contributed by atoms with Gasteiger partial charge in [0.2, 0.25) is 0 Å². The molecule has 1 fully saturated rings. The van der Waals surface area contributed by atoms with Gasteiger partial charge < -0.3 is 15.4 Å². The van der Waals surface area contributed by atoms with Crippen molar-refractivity contribution in [1.82, 2.24) is 0 Å². The lowest BCUT2D eigenvalue weighted by molar-refractivity contribution is 0.316. The van der Waals surface area contributed by atoms with Crippen LogP contribution in [0.25, 0.3) is 0 Å². The molecule has 0 amide bonds. The first-order chi connectivity index (χ1) is 8.69. The predicted octanol–water partition coefficient (Wildman–Crippen LogP) is 3.29. The van der Waals surface area contributed by atoms with Gasteiger partial charge in [0.25, 0.3) is 0 Å². The second-order valence-corrected chi connectivity index (χ2v) is 5.29. The van der Waals surface area contributed by atoms with Crippen molar-refractivity contribution in [2.24, 2.45) is 5.92 Å². The Kier molecular flexibility index (Phi) is 4.34. The zero-order valence-electron chi connectivity index (χ0n) is 11.5. The SMILES string of the molecule is CCCOc1cc(N)cc(N(C)CC2CCC2)c1. The van der Waals surface area contributed by atoms with Crippen LogP contribution in [0.2, 0.25) is 0 Å². The molecule has 0 aromatic heterocycles. The molecule has 0 bridgehead atoms. The minimum absolute atomic E-state index is 0.745. The van der Waals surface area contributed by atoms with Crippen molar-refractivity contribution in [3.63, 3.8) is 0 Å². The highest BCUT2D eigenvalue weighted by molar-refractivity contribution is 5.60. The summed E-state index contributed by atoms with van der Waals surface area (Å²) in [6, 6.07) is 6.01. The molecule has 0 unspecified atom stereocenters. The summed E-state index contributed by atoms with van der Waals surface area (Å²) in [6.45, 7) is 3.97. The quantitative estimate of drug-likeness (QED) is 0.785. The normalized spacial score (nSPS) is 15.2. The van der Waals surface area contributed by atoms with Crippen LogP contribution in [0.4, 0.5) is 11.4 Å². The van der Waals surface area contributed by atoms with Crippen LogP contribution in [-0.4, -0.2) is 20.2 Å². The van der Waals surface area contributed by atoms with E-state index in [2.05, 4.69) is 24.9 Å². The van der Waals surface area contributed by atoms with Crippen molar-refractivity contribution in [1.29, 1.82) is 0 Å². The number of nitrogens with two attached hydrogens (primary N) is 1. The van der Waals surface area contributed by atoms with Crippen LogP contribution in [0.15, 0.2) is 18.2 Å². The molecule has 0 spiro atoms. The Balaban J connectivity index is 2.03. The van der Waals surface area contributed by atoms with Gasteiger partial charge in [-0.1, -0.05) is 13.3 Å². The largest absolute Gasteiger partial charge is 0.493 e. The molecule has 2 rings (SSSR count). The van der Waals surface area contributed by atoms with Crippen LogP contribution < -0.4 is 15.4 Å². The van der Waals surface area contributed by atoms with Crippen molar-refractivity contribution in [2.75, 3.05) is 30.8 Å². The van der Waals surface area contributed by atoms with Gasteiger partial charge in [-0.05, 0) is 31.2 Å². The Morgan fingerprint density at radius 3 is 2.72 bits per heavy atom.